The van der Waals surface area contributed by atoms with Crippen LogP contribution in [0.2, 0.25) is 0 Å². The zero-order valence-corrected chi connectivity index (χ0v) is 16.5. The van der Waals surface area contributed by atoms with E-state index in [9.17, 15) is 17.6 Å². The molecule has 0 bridgehead atoms. The van der Waals surface area contributed by atoms with Gasteiger partial charge in [-0.25, -0.2) is 17.8 Å². The molecule has 1 atom stereocenters. The van der Waals surface area contributed by atoms with Gasteiger partial charge >= 0.3 is 0 Å². The first-order valence-electron chi connectivity index (χ1n) is 8.99. The highest BCUT2D eigenvalue weighted by molar-refractivity contribution is 7.89. The highest BCUT2D eigenvalue weighted by Crippen LogP contribution is 2.31. The third-order valence-electron chi connectivity index (χ3n) is 5.40. The lowest BCUT2D eigenvalue weighted by atomic mass is 10.00. The molecule has 0 fully saturated rings. The van der Waals surface area contributed by atoms with Crippen molar-refractivity contribution >= 4 is 15.9 Å². The van der Waals surface area contributed by atoms with E-state index in [4.69, 9.17) is 0 Å². The second-order valence-electron chi connectivity index (χ2n) is 7.27. The number of imidazole rings is 1. The van der Waals surface area contributed by atoms with E-state index in [0.29, 0.717) is 13.1 Å². The Balaban J connectivity index is 1.42. The monoisotopic (exact) mass is 404 g/mol. The molecule has 0 saturated carbocycles. The average Bonchev–Trinajstić information content (AvgIpc) is 3.35. The normalized spacial score (nSPS) is 18.6. The van der Waals surface area contributed by atoms with Crippen LogP contribution < -0.4 is 0 Å². The molecule has 3 heterocycles. The number of carbonyl (C=O) groups excluding carboxylic acids is 1. The number of carbonyl (C=O) groups is 1. The summed E-state index contributed by atoms with van der Waals surface area (Å²) >= 11 is 0. The number of hydrogen-bond acceptors (Lipinski definition) is 4. The van der Waals surface area contributed by atoms with Crippen LogP contribution >= 0.6 is 0 Å². The zero-order valence-electron chi connectivity index (χ0n) is 15.7. The van der Waals surface area contributed by atoms with Gasteiger partial charge in [0.25, 0.3) is 10.0 Å². The molecule has 0 N–H and O–H groups in total. The molecule has 0 spiro atoms. The molecular formula is C19H21FN4O3S. The number of benzene rings is 1. The first-order valence-corrected chi connectivity index (χ1v) is 10.4. The van der Waals surface area contributed by atoms with E-state index >= 15 is 0 Å². The summed E-state index contributed by atoms with van der Waals surface area (Å²) in [6.07, 6.45) is 3.06. The van der Waals surface area contributed by atoms with Gasteiger partial charge in [0.2, 0.25) is 11.1 Å². The third kappa shape index (κ3) is 3.14. The Morgan fingerprint density at radius 3 is 2.25 bits per heavy atom. The molecule has 148 valence electrons. The predicted octanol–water partition coefficient (Wildman–Crippen LogP) is 1.51. The maximum Gasteiger partial charge on any atom is 0.277 e. The van der Waals surface area contributed by atoms with Crippen molar-refractivity contribution in [1.82, 2.24) is 18.8 Å². The summed E-state index contributed by atoms with van der Waals surface area (Å²) in [4.78, 5) is 18.5. The van der Waals surface area contributed by atoms with Crippen LogP contribution in [-0.4, -0.2) is 59.3 Å². The van der Waals surface area contributed by atoms with Gasteiger partial charge in [-0.3, -0.25) is 4.79 Å². The van der Waals surface area contributed by atoms with Crippen LogP contribution in [0.3, 0.4) is 0 Å². The van der Waals surface area contributed by atoms with Gasteiger partial charge in [-0.1, -0.05) is 12.1 Å². The summed E-state index contributed by atoms with van der Waals surface area (Å²) in [7, 11) is -2.02. The number of nitrogens with zero attached hydrogens (tertiary/aromatic N) is 4. The molecule has 0 radical (unpaired) electrons. The molecule has 7 nitrogen and oxygen atoms in total. The Hall–Kier alpha value is -2.52. The predicted molar refractivity (Wildman–Crippen MR) is 100 cm³/mol. The van der Waals surface area contributed by atoms with Gasteiger partial charge in [-0.15, -0.1) is 0 Å². The van der Waals surface area contributed by atoms with Crippen LogP contribution in [0.4, 0.5) is 4.39 Å². The number of rotatable bonds is 4. The van der Waals surface area contributed by atoms with Crippen LogP contribution in [0.25, 0.3) is 0 Å². The van der Waals surface area contributed by atoms with Crippen LogP contribution in [0.1, 0.15) is 18.4 Å². The molecule has 1 amide bonds. The third-order valence-corrected chi connectivity index (χ3v) is 7.19. The maximum absolute atomic E-state index is 13.1. The lowest BCUT2D eigenvalue weighted by Crippen LogP contribution is -2.38. The number of halogens is 1. The molecule has 1 aromatic heterocycles. The van der Waals surface area contributed by atoms with Crippen LogP contribution in [-0.2, 0) is 21.9 Å². The van der Waals surface area contributed by atoms with Crippen molar-refractivity contribution in [2.24, 2.45) is 7.05 Å². The number of aromatic nitrogens is 2. The highest BCUT2D eigenvalue weighted by Gasteiger charge is 2.39. The largest absolute Gasteiger partial charge is 0.334 e. The van der Waals surface area contributed by atoms with Gasteiger partial charge in [-0.05, 0) is 35.8 Å². The molecule has 0 saturated heterocycles. The molecule has 4 rings (SSSR count). The lowest BCUT2D eigenvalue weighted by Gasteiger charge is -2.25. The highest BCUT2D eigenvalue weighted by atomic mass is 32.2. The molecule has 2 aromatic rings. The van der Waals surface area contributed by atoms with Crippen LogP contribution in [0, 0.1) is 5.82 Å². The Kier molecular flexibility index (Phi) is 4.59. The molecule has 2 aliphatic rings. The molecule has 1 aromatic carbocycles. The molecule has 28 heavy (non-hydrogen) atoms. The second kappa shape index (κ2) is 6.82. The van der Waals surface area contributed by atoms with Crippen molar-refractivity contribution in [3.05, 3.63) is 59.2 Å². The number of amides is 1. The van der Waals surface area contributed by atoms with Crippen molar-refractivity contribution in [1.29, 1.82) is 0 Å². The van der Waals surface area contributed by atoms with E-state index in [0.717, 1.165) is 16.7 Å². The molecule has 2 aliphatic heterocycles. The molecule has 0 aliphatic carbocycles. The van der Waals surface area contributed by atoms with Crippen molar-refractivity contribution in [2.75, 3.05) is 26.2 Å². The first kappa shape index (κ1) is 18.8. The topological polar surface area (TPSA) is 75.5 Å². The van der Waals surface area contributed by atoms with Crippen LogP contribution in [0.15, 0.2) is 53.0 Å². The summed E-state index contributed by atoms with van der Waals surface area (Å²) in [6.45, 7) is 3.20. The summed E-state index contributed by atoms with van der Waals surface area (Å²) in [5.41, 5.74) is 2.70. The quantitative estimate of drug-likeness (QED) is 0.724. The van der Waals surface area contributed by atoms with Gasteiger partial charge in [0.05, 0.1) is 5.92 Å². The Bertz CT molecular complexity index is 1040. The lowest BCUT2D eigenvalue weighted by molar-refractivity contribution is -0.131. The van der Waals surface area contributed by atoms with Crippen molar-refractivity contribution in [3.8, 4) is 0 Å². The molecule has 9 heteroatoms. The van der Waals surface area contributed by atoms with E-state index in [1.165, 1.54) is 27.2 Å². The van der Waals surface area contributed by atoms with E-state index < -0.39 is 10.0 Å². The fourth-order valence-corrected chi connectivity index (χ4v) is 5.26. The Labute approximate surface area is 163 Å². The minimum absolute atomic E-state index is 0.0199. The summed E-state index contributed by atoms with van der Waals surface area (Å²) < 4.78 is 41.6. The van der Waals surface area contributed by atoms with Crippen molar-refractivity contribution in [3.63, 3.8) is 0 Å². The number of hydrogen-bond donors (Lipinski definition) is 0. The van der Waals surface area contributed by atoms with Gasteiger partial charge in [0.15, 0.2) is 0 Å². The number of sulfonamides is 1. The zero-order chi connectivity index (χ0) is 20.1. The Morgan fingerprint density at radius 1 is 1.11 bits per heavy atom. The smallest absolute Gasteiger partial charge is 0.277 e. The number of aryl methyl sites for hydroxylation is 1. The van der Waals surface area contributed by atoms with E-state index in [1.54, 1.807) is 37.2 Å². The second-order valence-corrected chi connectivity index (χ2v) is 9.10. The first-order chi connectivity index (χ1) is 13.3. The van der Waals surface area contributed by atoms with Gasteiger partial charge < -0.3 is 9.47 Å². The fraction of sp³-hybridized carbons (Fsp3) is 0.368. The van der Waals surface area contributed by atoms with Gasteiger partial charge in [0.1, 0.15) is 5.82 Å². The molecular weight excluding hydrogens is 383 g/mol. The average molecular weight is 404 g/mol. The van der Waals surface area contributed by atoms with Crippen LogP contribution in [0.5, 0.6) is 0 Å². The minimum Gasteiger partial charge on any atom is -0.334 e. The van der Waals surface area contributed by atoms with Crippen molar-refractivity contribution < 1.29 is 17.6 Å². The van der Waals surface area contributed by atoms with E-state index in [1.807, 2.05) is 0 Å². The standard InChI is InChI=1S/C19H21FN4O3S/c1-13(14-3-5-17(20)6-4-14)18(25)23-9-15-11-24(12-16(15)10-23)28(26,27)19-21-7-8-22(19)2/h3-8,13H,9-12H2,1-2H3. The van der Waals surface area contributed by atoms with E-state index in [2.05, 4.69) is 4.98 Å². The van der Waals surface area contributed by atoms with Gasteiger partial charge in [0, 0.05) is 45.6 Å². The molecule has 1 unspecified atom stereocenters. The SMILES string of the molecule is CC(C(=O)N1CC2=C(C1)CN(S(=O)(=O)c1nccn1C)C2)c1ccc(F)cc1. The Morgan fingerprint density at radius 2 is 1.71 bits per heavy atom. The minimum atomic E-state index is -3.66. The summed E-state index contributed by atoms with van der Waals surface area (Å²) in [5, 5.41) is 0.0199. The summed E-state index contributed by atoms with van der Waals surface area (Å²) in [6, 6.07) is 5.94. The fourth-order valence-electron chi connectivity index (χ4n) is 3.76. The summed E-state index contributed by atoms with van der Waals surface area (Å²) in [5.74, 6) is -0.758. The maximum atomic E-state index is 13.1. The van der Waals surface area contributed by atoms with Gasteiger partial charge in [-0.2, -0.15) is 4.31 Å². The van der Waals surface area contributed by atoms with E-state index in [-0.39, 0.29) is 35.9 Å². The van der Waals surface area contributed by atoms with Crippen molar-refractivity contribution in [2.45, 2.75) is 18.0 Å².